The van der Waals surface area contributed by atoms with E-state index in [1.807, 2.05) is 0 Å². The minimum Gasteiger partial charge on any atom is -0.477 e. The van der Waals surface area contributed by atoms with Gasteiger partial charge in [0.2, 0.25) is 5.43 Å². The molecule has 150 valence electrons. The number of fused-ring (bicyclic) bond motifs is 1. The standard InChI is InChI=1S/C19H22F2N4O3/c1-22-25-9-13(19(27)28)18(26)12-6-14(20)17(15(21)16(12)25)24-5-4-10(8-24)7-23-11-2-3-11/h6,9-11,22-23H,2-5,7-8H2,1H3,(H,27,28). The zero-order valence-corrected chi connectivity index (χ0v) is 15.5. The van der Waals surface area contributed by atoms with Crippen LogP contribution in [0.3, 0.4) is 0 Å². The maximum Gasteiger partial charge on any atom is 0.341 e. The summed E-state index contributed by atoms with van der Waals surface area (Å²) < 4.78 is 31.3. The van der Waals surface area contributed by atoms with E-state index in [0.717, 1.165) is 29.9 Å². The van der Waals surface area contributed by atoms with E-state index >= 15 is 4.39 Å². The van der Waals surface area contributed by atoms with E-state index in [4.69, 9.17) is 0 Å². The Kier molecular flexibility index (Phi) is 4.70. The van der Waals surface area contributed by atoms with Gasteiger partial charge < -0.3 is 20.7 Å². The Morgan fingerprint density at radius 2 is 2.07 bits per heavy atom. The monoisotopic (exact) mass is 392 g/mol. The van der Waals surface area contributed by atoms with E-state index in [1.165, 1.54) is 19.9 Å². The van der Waals surface area contributed by atoms with Crippen molar-refractivity contribution in [3.05, 3.63) is 39.7 Å². The first-order valence-electron chi connectivity index (χ1n) is 9.37. The average Bonchev–Trinajstić information content (AvgIpc) is 3.38. The van der Waals surface area contributed by atoms with Crippen LogP contribution in [0, 0.1) is 17.6 Å². The molecule has 2 heterocycles. The molecule has 0 bridgehead atoms. The SMILES string of the molecule is CNn1cc(C(=O)O)c(=O)c2cc(F)c(N3CCC(CNC4CC4)C3)c(F)c21. The highest BCUT2D eigenvalue weighted by molar-refractivity contribution is 5.94. The highest BCUT2D eigenvalue weighted by Crippen LogP contribution is 2.33. The van der Waals surface area contributed by atoms with Crippen LogP contribution in [0.2, 0.25) is 0 Å². The summed E-state index contributed by atoms with van der Waals surface area (Å²) in [6.45, 7) is 1.87. The molecular formula is C19H22F2N4O3. The Hall–Kier alpha value is -2.68. The Labute approximate surface area is 159 Å². The number of carboxylic acids is 1. The Morgan fingerprint density at radius 3 is 2.71 bits per heavy atom. The molecule has 1 unspecified atom stereocenters. The fraction of sp³-hybridized carbons (Fsp3) is 0.474. The topological polar surface area (TPSA) is 86.6 Å². The lowest BCUT2D eigenvalue weighted by atomic mass is 10.1. The Balaban J connectivity index is 1.74. The summed E-state index contributed by atoms with van der Waals surface area (Å²) in [5.41, 5.74) is 0.845. The summed E-state index contributed by atoms with van der Waals surface area (Å²) in [4.78, 5) is 25.4. The zero-order chi connectivity index (χ0) is 20.0. The highest BCUT2D eigenvalue weighted by atomic mass is 19.1. The van der Waals surface area contributed by atoms with E-state index in [0.29, 0.717) is 25.0 Å². The van der Waals surface area contributed by atoms with Crippen molar-refractivity contribution in [2.45, 2.75) is 25.3 Å². The largest absolute Gasteiger partial charge is 0.477 e. The fourth-order valence-corrected chi connectivity index (χ4v) is 3.85. The molecular weight excluding hydrogens is 370 g/mol. The third-order valence-electron chi connectivity index (χ3n) is 5.50. The number of benzene rings is 1. The average molecular weight is 392 g/mol. The van der Waals surface area contributed by atoms with Gasteiger partial charge in [0.1, 0.15) is 22.6 Å². The molecule has 2 fully saturated rings. The number of nitrogens with one attached hydrogen (secondary N) is 2. The van der Waals surface area contributed by atoms with Gasteiger partial charge >= 0.3 is 5.97 Å². The zero-order valence-electron chi connectivity index (χ0n) is 15.5. The second kappa shape index (κ2) is 7.05. The molecule has 3 N–H and O–H groups in total. The van der Waals surface area contributed by atoms with Crippen molar-refractivity contribution in [1.82, 2.24) is 9.99 Å². The van der Waals surface area contributed by atoms with Crippen LogP contribution in [-0.2, 0) is 0 Å². The molecule has 1 atom stereocenters. The van der Waals surface area contributed by atoms with Crippen LogP contribution in [0.1, 0.15) is 29.6 Å². The second-order valence-corrected chi connectivity index (χ2v) is 7.47. The fourth-order valence-electron chi connectivity index (χ4n) is 3.85. The van der Waals surface area contributed by atoms with E-state index < -0.39 is 28.6 Å². The van der Waals surface area contributed by atoms with Gasteiger partial charge in [-0.1, -0.05) is 0 Å². The van der Waals surface area contributed by atoms with E-state index in [2.05, 4.69) is 10.7 Å². The quantitative estimate of drug-likeness (QED) is 0.694. The van der Waals surface area contributed by atoms with Crippen molar-refractivity contribution < 1.29 is 18.7 Å². The molecule has 7 nitrogen and oxygen atoms in total. The first kappa shape index (κ1) is 18.7. The van der Waals surface area contributed by atoms with Crippen LogP contribution in [0.25, 0.3) is 10.9 Å². The van der Waals surface area contributed by atoms with E-state index in [-0.39, 0.29) is 16.6 Å². The van der Waals surface area contributed by atoms with Crippen LogP contribution >= 0.6 is 0 Å². The van der Waals surface area contributed by atoms with Crippen molar-refractivity contribution in [3.63, 3.8) is 0 Å². The van der Waals surface area contributed by atoms with Crippen molar-refractivity contribution in [3.8, 4) is 0 Å². The number of aromatic carboxylic acids is 1. The summed E-state index contributed by atoms with van der Waals surface area (Å²) in [5.74, 6) is -2.88. The molecule has 0 spiro atoms. The predicted octanol–water partition coefficient (Wildman–Crippen LogP) is 1.73. The van der Waals surface area contributed by atoms with Gasteiger partial charge in [-0.15, -0.1) is 0 Å². The number of rotatable bonds is 6. The maximum atomic E-state index is 15.3. The van der Waals surface area contributed by atoms with E-state index in [9.17, 15) is 19.1 Å². The number of hydrogen-bond acceptors (Lipinski definition) is 5. The third kappa shape index (κ3) is 3.19. The van der Waals surface area contributed by atoms with Crippen molar-refractivity contribution in [2.24, 2.45) is 5.92 Å². The van der Waals surface area contributed by atoms with Gasteiger partial charge in [0.15, 0.2) is 5.82 Å². The van der Waals surface area contributed by atoms with Crippen molar-refractivity contribution >= 4 is 22.6 Å². The van der Waals surface area contributed by atoms with Gasteiger partial charge in [-0.2, -0.15) is 0 Å². The van der Waals surface area contributed by atoms with Crippen LogP contribution in [-0.4, -0.2) is 48.5 Å². The number of carboxylic acid groups (broad SMARTS) is 1. The normalized spacial score (nSPS) is 19.4. The summed E-state index contributed by atoms with van der Waals surface area (Å²) >= 11 is 0. The molecule has 1 aromatic carbocycles. The van der Waals surface area contributed by atoms with Crippen molar-refractivity contribution in [1.29, 1.82) is 0 Å². The molecule has 1 aromatic heterocycles. The number of aromatic nitrogens is 1. The van der Waals surface area contributed by atoms with Crippen LogP contribution in [0.4, 0.5) is 14.5 Å². The lowest BCUT2D eigenvalue weighted by Crippen LogP contribution is -2.29. The number of carbonyl (C=O) groups is 1. The molecule has 0 amide bonds. The first-order chi connectivity index (χ1) is 13.4. The van der Waals surface area contributed by atoms with Gasteiger partial charge in [0, 0.05) is 32.4 Å². The molecule has 28 heavy (non-hydrogen) atoms. The number of halogens is 2. The first-order valence-corrected chi connectivity index (χ1v) is 9.37. The van der Waals surface area contributed by atoms with Crippen LogP contribution in [0.5, 0.6) is 0 Å². The van der Waals surface area contributed by atoms with Gasteiger partial charge in [-0.25, -0.2) is 13.6 Å². The lowest BCUT2D eigenvalue weighted by Gasteiger charge is -2.22. The minimum absolute atomic E-state index is 0.159. The summed E-state index contributed by atoms with van der Waals surface area (Å²) in [6.07, 6.45) is 4.21. The molecule has 1 aliphatic heterocycles. The van der Waals surface area contributed by atoms with Gasteiger partial charge in [0.25, 0.3) is 0 Å². The number of nitrogens with zero attached hydrogens (tertiary/aromatic N) is 2. The molecule has 2 aromatic rings. The molecule has 4 rings (SSSR count). The van der Waals surface area contributed by atoms with Gasteiger partial charge in [-0.3, -0.25) is 9.47 Å². The predicted molar refractivity (Wildman–Crippen MR) is 102 cm³/mol. The molecule has 1 saturated carbocycles. The number of anilines is 1. The van der Waals surface area contributed by atoms with Crippen molar-refractivity contribution in [2.75, 3.05) is 37.0 Å². The highest BCUT2D eigenvalue weighted by Gasteiger charge is 2.31. The third-order valence-corrected chi connectivity index (χ3v) is 5.50. The number of hydrogen-bond donors (Lipinski definition) is 3. The minimum atomic E-state index is -1.45. The number of pyridine rings is 1. The smallest absolute Gasteiger partial charge is 0.341 e. The molecule has 0 radical (unpaired) electrons. The maximum absolute atomic E-state index is 15.3. The second-order valence-electron chi connectivity index (χ2n) is 7.47. The Morgan fingerprint density at radius 1 is 1.32 bits per heavy atom. The summed E-state index contributed by atoms with van der Waals surface area (Å²) in [6, 6.07) is 1.52. The summed E-state index contributed by atoms with van der Waals surface area (Å²) in [7, 11) is 1.47. The van der Waals surface area contributed by atoms with Gasteiger partial charge in [0.05, 0.1) is 5.39 Å². The summed E-state index contributed by atoms with van der Waals surface area (Å²) in [5, 5.41) is 12.3. The molecule has 9 heteroatoms. The van der Waals surface area contributed by atoms with E-state index in [1.54, 1.807) is 4.90 Å². The van der Waals surface area contributed by atoms with Gasteiger partial charge in [-0.05, 0) is 37.8 Å². The molecule has 1 aliphatic carbocycles. The van der Waals surface area contributed by atoms with Crippen LogP contribution < -0.4 is 21.1 Å². The molecule has 2 aliphatic rings. The Bertz CT molecular complexity index is 1000. The lowest BCUT2D eigenvalue weighted by molar-refractivity contribution is 0.0695. The van der Waals surface area contributed by atoms with Crippen LogP contribution in [0.15, 0.2) is 17.1 Å². The molecule has 1 saturated heterocycles.